The largest absolute Gasteiger partial charge is 0.388 e. The Kier molecular flexibility index (Phi) is 11.4. The highest BCUT2D eigenvalue weighted by Gasteiger charge is 2.17. The Morgan fingerprint density at radius 3 is 2.82 bits per heavy atom. The smallest absolute Gasteiger partial charge is 0.354 e. The monoisotopic (exact) mass is 635 g/mol. The van der Waals surface area contributed by atoms with Gasteiger partial charge < -0.3 is 26.1 Å². The molecule has 2 aromatic heterocycles. The molecule has 1 aliphatic heterocycles. The molecule has 1 fully saturated rings. The molecule has 1 aliphatic rings. The van der Waals surface area contributed by atoms with Gasteiger partial charge in [0.25, 0.3) is 0 Å². The zero-order valence-corrected chi connectivity index (χ0v) is 26.8. The van der Waals surface area contributed by atoms with Gasteiger partial charge in [-0.15, -0.1) is 0 Å². The minimum Gasteiger partial charge on any atom is -0.388 e. The van der Waals surface area contributed by atoms with E-state index >= 15 is 4.39 Å². The summed E-state index contributed by atoms with van der Waals surface area (Å²) in [4.78, 5) is 24.7. The van der Waals surface area contributed by atoms with E-state index in [9.17, 15) is 4.79 Å². The molecule has 0 bridgehead atoms. The van der Waals surface area contributed by atoms with Crippen LogP contribution >= 0.6 is 11.6 Å². The first-order chi connectivity index (χ1) is 21.8. The summed E-state index contributed by atoms with van der Waals surface area (Å²) >= 11 is 6.33. The van der Waals surface area contributed by atoms with Crippen molar-refractivity contribution in [3.63, 3.8) is 0 Å². The number of nitrogens with zero attached hydrogens (tertiary/aromatic N) is 3. The number of hydrogen-bond acceptors (Lipinski definition) is 6. The molecule has 0 amide bonds. The van der Waals surface area contributed by atoms with Crippen LogP contribution in [0.25, 0.3) is 28.0 Å². The Hall–Kier alpha value is -3.57. The van der Waals surface area contributed by atoms with Crippen molar-refractivity contribution in [2.45, 2.75) is 64.5 Å². The maximum atomic E-state index is 15.3. The summed E-state index contributed by atoms with van der Waals surface area (Å²) in [7, 11) is 0. The van der Waals surface area contributed by atoms with E-state index in [1.807, 2.05) is 36.4 Å². The van der Waals surface area contributed by atoms with E-state index in [0.717, 1.165) is 69.3 Å². The zero-order chi connectivity index (χ0) is 31.8. The average molecular weight is 636 g/mol. The van der Waals surface area contributed by atoms with E-state index in [1.165, 1.54) is 4.57 Å². The molecule has 5 rings (SSSR count). The van der Waals surface area contributed by atoms with Crippen LogP contribution in [0.2, 0.25) is 5.02 Å². The summed E-state index contributed by atoms with van der Waals surface area (Å²) < 4.78 is 22.3. The van der Waals surface area contributed by atoms with Gasteiger partial charge >= 0.3 is 5.69 Å². The lowest BCUT2D eigenvalue weighted by atomic mass is 10.0. The number of nitrogens with two attached hydrogens (primary N) is 1. The first-order valence-corrected chi connectivity index (χ1v) is 16.2. The number of aliphatic imine (C=N–C) groups is 1. The van der Waals surface area contributed by atoms with Gasteiger partial charge in [-0.1, -0.05) is 37.1 Å². The van der Waals surface area contributed by atoms with Crippen molar-refractivity contribution in [3.05, 3.63) is 81.1 Å². The molecule has 0 saturated carbocycles. The fraction of sp³-hybridized carbons (Fsp3) is 0.441. The molecule has 3 heterocycles. The summed E-state index contributed by atoms with van der Waals surface area (Å²) in [6.07, 6.45) is 7.33. The van der Waals surface area contributed by atoms with Crippen LogP contribution in [0, 0.1) is 5.82 Å². The summed E-state index contributed by atoms with van der Waals surface area (Å²) in [5.41, 5.74) is 9.30. The van der Waals surface area contributed by atoms with Crippen LogP contribution < -0.4 is 22.1 Å². The van der Waals surface area contributed by atoms with Gasteiger partial charge in [0, 0.05) is 42.3 Å². The standard InChI is InChI=1S/C34H43ClFN7O2/c1-3-6-30(40-14-5-13-38-22(2)37)24-9-11-27(12-10-24)43-20-25-19-31(41-33(25)42-34(43)44)28-17-23(18-29(35)32(28)36)7-4-8-26-21-45-16-15-39-26/h9-12,17-20,26,30,39-40H,3-8,13-16,21H2,1-2H3,(H2,37,38)(H,41,42,44). The molecular weight excluding hydrogens is 593 g/mol. The van der Waals surface area contributed by atoms with Crippen molar-refractivity contribution in [2.24, 2.45) is 10.7 Å². The number of amidine groups is 1. The van der Waals surface area contributed by atoms with Crippen molar-refractivity contribution in [3.8, 4) is 16.9 Å². The predicted molar refractivity (Wildman–Crippen MR) is 180 cm³/mol. The van der Waals surface area contributed by atoms with E-state index in [1.54, 1.807) is 19.2 Å². The van der Waals surface area contributed by atoms with E-state index in [2.05, 4.69) is 32.5 Å². The van der Waals surface area contributed by atoms with Crippen molar-refractivity contribution in [1.29, 1.82) is 0 Å². The Balaban J connectivity index is 1.32. The molecule has 11 heteroatoms. The van der Waals surface area contributed by atoms with Gasteiger partial charge in [0.05, 0.1) is 35.5 Å². The van der Waals surface area contributed by atoms with Gasteiger partial charge in [0.15, 0.2) is 5.82 Å². The number of nitrogens with one attached hydrogen (secondary N) is 3. The number of ether oxygens (including phenoxy) is 1. The van der Waals surface area contributed by atoms with Gasteiger partial charge in [0.2, 0.25) is 0 Å². The number of H-pyrrole nitrogens is 1. The molecule has 240 valence electrons. The van der Waals surface area contributed by atoms with Crippen molar-refractivity contribution in [2.75, 3.05) is 32.8 Å². The van der Waals surface area contributed by atoms with Crippen LogP contribution in [0.4, 0.5) is 4.39 Å². The summed E-state index contributed by atoms with van der Waals surface area (Å²) in [6, 6.07) is 13.8. The third-order valence-corrected chi connectivity index (χ3v) is 8.42. The molecule has 2 aromatic carbocycles. The lowest BCUT2D eigenvalue weighted by Crippen LogP contribution is -2.41. The van der Waals surface area contributed by atoms with Crippen LogP contribution in [0.3, 0.4) is 0 Å². The maximum Gasteiger partial charge on any atom is 0.354 e. The number of rotatable bonds is 14. The average Bonchev–Trinajstić information content (AvgIpc) is 3.44. The molecule has 2 unspecified atom stereocenters. The molecule has 0 radical (unpaired) electrons. The minimum atomic E-state index is -0.502. The fourth-order valence-corrected chi connectivity index (χ4v) is 6.06. The number of benzene rings is 2. The highest BCUT2D eigenvalue weighted by Crippen LogP contribution is 2.31. The van der Waals surface area contributed by atoms with Gasteiger partial charge in [-0.05, 0) is 87.0 Å². The highest BCUT2D eigenvalue weighted by atomic mass is 35.5. The zero-order valence-electron chi connectivity index (χ0n) is 26.0. The molecule has 1 saturated heterocycles. The maximum absolute atomic E-state index is 15.3. The van der Waals surface area contributed by atoms with Gasteiger partial charge in [0.1, 0.15) is 5.65 Å². The quantitative estimate of drug-likeness (QED) is 0.0803. The van der Waals surface area contributed by atoms with E-state index < -0.39 is 11.5 Å². The van der Waals surface area contributed by atoms with Crippen LogP contribution in [0.1, 0.15) is 63.1 Å². The molecule has 45 heavy (non-hydrogen) atoms. The number of fused-ring (bicyclic) bond motifs is 1. The molecule has 5 N–H and O–H groups in total. The molecule has 9 nitrogen and oxygen atoms in total. The van der Waals surface area contributed by atoms with Crippen molar-refractivity contribution < 1.29 is 9.13 Å². The van der Waals surface area contributed by atoms with Crippen molar-refractivity contribution >= 4 is 28.5 Å². The van der Waals surface area contributed by atoms with Gasteiger partial charge in [-0.3, -0.25) is 9.56 Å². The summed E-state index contributed by atoms with van der Waals surface area (Å²) in [5, 5.41) is 7.85. The lowest BCUT2D eigenvalue weighted by molar-refractivity contribution is 0.0736. The number of aromatic amines is 1. The van der Waals surface area contributed by atoms with E-state index in [-0.39, 0.29) is 11.1 Å². The number of aryl methyl sites for hydroxylation is 1. The third-order valence-electron chi connectivity index (χ3n) is 8.14. The van der Waals surface area contributed by atoms with Gasteiger partial charge in [-0.25, -0.2) is 9.18 Å². The molecule has 0 spiro atoms. The highest BCUT2D eigenvalue weighted by molar-refractivity contribution is 6.31. The normalized spacial score (nSPS) is 16.4. The second-order valence-electron chi connectivity index (χ2n) is 11.7. The number of aromatic nitrogens is 3. The molecular formula is C34H43ClFN7O2. The second-order valence-corrected chi connectivity index (χ2v) is 12.1. The lowest BCUT2D eigenvalue weighted by Gasteiger charge is -2.23. The minimum absolute atomic E-state index is 0.0722. The van der Waals surface area contributed by atoms with Gasteiger partial charge in [-0.2, -0.15) is 4.98 Å². The fourth-order valence-electron chi connectivity index (χ4n) is 5.82. The second kappa shape index (κ2) is 15.6. The van der Waals surface area contributed by atoms with Crippen LogP contribution in [-0.2, 0) is 11.2 Å². The first kappa shape index (κ1) is 32.8. The topological polar surface area (TPSA) is 122 Å². The SMILES string of the molecule is CCCC(NCCCN=C(C)N)c1ccc(-n2cc3cc(-c4cc(CCCC5COCCN5)cc(Cl)c4F)[nH]c3nc2=O)cc1. The van der Waals surface area contributed by atoms with E-state index in [4.69, 9.17) is 22.1 Å². The van der Waals surface area contributed by atoms with Crippen molar-refractivity contribution in [1.82, 2.24) is 25.2 Å². The molecule has 2 atom stereocenters. The summed E-state index contributed by atoms with van der Waals surface area (Å²) in [5.74, 6) is 0.0998. The molecule has 4 aromatic rings. The Bertz CT molecular complexity index is 1660. The Labute approximate surface area is 268 Å². The molecule has 0 aliphatic carbocycles. The Morgan fingerprint density at radius 1 is 1.27 bits per heavy atom. The predicted octanol–water partition coefficient (Wildman–Crippen LogP) is 5.68. The third kappa shape index (κ3) is 8.58. The number of hydrogen-bond donors (Lipinski definition) is 4. The van der Waals surface area contributed by atoms with E-state index in [0.29, 0.717) is 53.0 Å². The number of halogens is 2. The first-order valence-electron chi connectivity index (χ1n) is 15.8. The summed E-state index contributed by atoms with van der Waals surface area (Å²) in [6.45, 7) is 7.83. The van der Waals surface area contributed by atoms with Crippen LogP contribution in [0.15, 0.2) is 58.4 Å². The number of morpholine rings is 1. The Morgan fingerprint density at radius 2 is 2.09 bits per heavy atom. The van der Waals surface area contributed by atoms with Crippen LogP contribution in [-0.4, -0.2) is 59.3 Å². The van der Waals surface area contributed by atoms with Crippen LogP contribution in [0.5, 0.6) is 0 Å².